The molecule has 0 fully saturated rings. The first-order chi connectivity index (χ1) is 12.5. The lowest BCUT2D eigenvalue weighted by Gasteiger charge is -2.11. The lowest BCUT2D eigenvalue weighted by atomic mass is 10.1. The summed E-state index contributed by atoms with van der Waals surface area (Å²) in [4.78, 5) is 24.6. The number of thiol groups is 1. The zero-order valence-corrected chi connectivity index (χ0v) is 17.3. The van der Waals surface area contributed by atoms with E-state index in [2.05, 4.69) is 30.6 Å². The standard InChI is InChI=1S/C21H36N2O2S/c1-4-5-14-17-23(3)21(25)16-13-11-9-7-6-8-10-12-15-20(18-26)22-19(2)24/h4,12,14-15,17,20,26H,1,5-11,13,16,18H2,2-3H3,(H,22,24). The molecule has 0 saturated carbocycles. The highest BCUT2D eigenvalue weighted by Crippen LogP contribution is 2.10. The van der Waals surface area contributed by atoms with E-state index in [4.69, 9.17) is 0 Å². The number of rotatable bonds is 15. The van der Waals surface area contributed by atoms with Crippen molar-refractivity contribution in [1.82, 2.24) is 10.2 Å². The molecule has 0 aromatic rings. The van der Waals surface area contributed by atoms with Gasteiger partial charge in [0.15, 0.2) is 0 Å². The Hall–Kier alpha value is -1.49. The van der Waals surface area contributed by atoms with Crippen LogP contribution in [0.2, 0.25) is 0 Å². The number of nitrogens with zero attached hydrogens (tertiary/aromatic N) is 1. The topological polar surface area (TPSA) is 49.4 Å². The fraction of sp³-hybridized carbons (Fsp3) is 0.619. The maximum absolute atomic E-state index is 11.9. The smallest absolute Gasteiger partial charge is 0.226 e. The largest absolute Gasteiger partial charge is 0.349 e. The van der Waals surface area contributed by atoms with Crippen LogP contribution in [0.3, 0.4) is 0 Å². The molecule has 0 aliphatic rings. The normalized spacial score (nSPS) is 12.4. The molecule has 0 heterocycles. The van der Waals surface area contributed by atoms with E-state index in [0.29, 0.717) is 12.2 Å². The molecule has 0 rings (SSSR count). The maximum Gasteiger partial charge on any atom is 0.226 e. The van der Waals surface area contributed by atoms with Gasteiger partial charge in [0.25, 0.3) is 0 Å². The summed E-state index contributed by atoms with van der Waals surface area (Å²) in [7, 11) is 1.81. The lowest BCUT2D eigenvalue weighted by Crippen LogP contribution is -2.32. The van der Waals surface area contributed by atoms with Crippen LogP contribution >= 0.6 is 12.6 Å². The van der Waals surface area contributed by atoms with Crippen LogP contribution in [0.15, 0.2) is 37.1 Å². The number of hydrogen-bond acceptors (Lipinski definition) is 3. The molecule has 148 valence electrons. The third kappa shape index (κ3) is 14.8. The van der Waals surface area contributed by atoms with Crippen LogP contribution in [-0.4, -0.2) is 35.6 Å². The van der Waals surface area contributed by atoms with E-state index < -0.39 is 0 Å². The van der Waals surface area contributed by atoms with Crippen LogP contribution < -0.4 is 5.32 Å². The second-order valence-corrected chi connectivity index (χ2v) is 6.86. The van der Waals surface area contributed by atoms with E-state index in [1.54, 1.807) is 11.9 Å². The summed E-state index contributed by atoms with van der Waals surface area (Å²) in [6.45, 7) is 5.17. The third-order valence-electron chi connectivity index (χ3n) is 3.99. The van der Waals surface area contributed by atoms with E-state index in [0.717, 1.165) is 32.1 Å². The average Bonchev–Trinajstić information content (AvgIpc) is 2.61. The fourth-order valence-electron chi connectivity index (χ4n) is 2.50. The molecule has 5 heteroatoms. The van der Waals surface area contributed by atoms with E-state index in [-0.39, 0.29) is 17.9 Å². The first kappa shape index (κ1) is 24.5. The molecule has 1 atom stereocenters. The van der Waals surface area contributed by atoms with Gasteiger partial charge in [-0.25, -0.2) is 0 Å². The molecule has 26 heavy (non-hydrogen) atoms. The Labute approximate surface area is 165 Å². The molecule has 1 N–H and O–H groups in total. The Bertz CT molecular complexity index is 461. The van der Waals surface area contributed by atoms with Crippen molar-refractivity contribution in [3.63, 3.8) is 0 Å². The molecular weight excluding hydrogens is 344 g/mol. The van der Waals surface area contributed by atoms with Gasteiger partial charge < -0.3 is 10.2 Å². The molecule has 2 amide bonds. The second-order valence-electron chi connectivity index (χ2n) is 6.49. The predicted molar refractivity (Wildman–Crippen MR) is 114 cm³/mol. The molecule has 0 aromatic carbocycles. The van der Waals surface area contributed by atoms with Gasteiger partial charge in [0.05, 0.1) is 6.04 Å². The maximum atomic E-state index is 11.9. The van der Waals surface area contributed by atoms with Crippen molar-refractivity contribution in [2.75, 3.05) is 12.8 Å². The summed E-state index contributed by atoms with van der Waals surface area (Å²) in [5.74, 6) is 0.771. The van der Waals surface area contributed by atoms with Crippen LogP contribution in [0.5, 0.6) is 0 Å². The molecule has 0 radical (unpaired) electrons. The number of hydrogen-bond donors (Lipinski definition) is 2. The van der Waals surface area contributed by atoms with E-state index in [9.17, 15) is 9.59 Å². The Morgan fingerprint density at radius 1 is 1.12 bits per heavy atom. The van der Waals surface area contributed by atoms with Gasteiger partial charge in [-0.3, -0.25) is 9.59 Å². The molecule has 4 nitrogen and oxygen atoms in total. The predicted octanol–water partition coefficient (Wildman–Crippen LogP) is 4.65. The van der Waals surface area contributed by atoms with Gasteiger partial charge in [0.2, 0.25) is 11.8 Å². The van der Waals surface area contributed by atoms with Crippen molar-refractivity contribution in [2.24, 2.45) is 0 Å². The molecule has 0 aliphatic carbocycles. The van der Waals surface area contributed by atoms with Crippen LogP contribution in [0.4, 0.5) is 0 Å². The van der Waals surface area contributed by atoms with Crippen molar-refractivity contribution >= 4 is 24.4 Å². The van der Waals surface area contributed by atoms with Crippen LogP contribution in [0.25, 0.3) is 0 Å². The van der Waals surface area contributed by atoms with Crippen LogP contribution in [0.1, 0.15) is 64.7 Å². The molecule has 0 saturated heterocycles. The zero-order chi connectivity index (χ0) is 19.6. The highest BCUT2D eigenvalue weighted by Gasteiger charge is 2.05. The summed E-state index contributed by atoms with van der Waals surface area (Å²) in [5.41, 5.74) is 0. The molecule has 0 bridgehead atoms. The van der Waals surface area contributed by atoms with E-state index >= 15 is 0 Å². The fourth-order valence-corrected chi connectivity index (χ4v) is 2.71. The van der Waals surface area contributed by atoms with Crippen LogP contribution in [0, 0.1) is 0 Å². The summed E-state index contributed by atoms with van der Waals surface area (Å²) >= 11 is 4.23. The summed E-state index contributed by atoms with van der Waals surface area (Å²) < 4.78 is 0. The Morgan fingerprint density at radius 2 is 1.77 bits per heavy atom. The highest BCUT2D eigenvalue weighted by atomic mass is 32.1. The minimum absolute atomic E-state index is 0.0221. The summed E-state index contributed by atoms with van der Waals surface area (Å²) in [6, 6.07) is 0.0260. The molecule has 1 unspecified atom stereocenters. The number of carbonyl (C=O) groups excluding carboxylic acids is 2. The van der Waals surface area contributed by atoms with Gasteiger partial charge in [0.1, 0.15) is 0 Å². The van der Waals surface area contributed by atoms with Crippen molar-refractivity contribution < 1.29 is 9.59 Å². The van der Waals surface area contributed by atoms with Gasteiger partial charge in [-0.05, 0) is 25.7 Å². The number of nitrogens with one attached hydrogen (secondary N) is 1. The average molecular weight is 381 g/mol. The number of allylic oxidation sites excluding steroid dienone is 3. The molecule has 0 aliphatic heterocycles. The summed E-state index contributed by atoms with van der Waals surface area (Å²) in [5, 5.41) is 2.84. The Balaban J connectivity index is 3.60. The quantitative estimate of drug-likeness (QED) is 0.247. The first-order valence-electron chi connectivity index (χ1n) is 9.59. The number of unbranched alkanes of at least 4 members (excludes halogenated alkanes) is 6. The van der Waals surface area contributed by atoms with Crippen molar-refractivity contribution in [3.05, 3.63) is 37.1 Å². The van der Waals surface area contributed by atoms with Crippen LogP contribution in [-0.2, 0) is 9.59 Å². The first-order valence-corrected chi connectivity index (χ1v) is 10.2. The third-order valence-corrected chi connectivity index (χ3v) is 4.38. The molecule has 0 spiro atoms. The Kier molecular flexibility index (Phi) is 16.0. The monoisotopic (exact) mass is 380 g/mol. The minimum atomic E-state index is -0.0221. The van der Waals surface area contributed by atoms with Gasteiger partial charge in [-0.15, -0.1) is 6.58 Å². The zero-order valence-electron chi connectivity index (χ0n) is 16.5. The van der Waals surface area contributed by atoms with Crippen molar-refractivity contribution in [1.29, 1.82) is 0 Å². The highest BCUT2D eigenvalue weighted by molar-refractivity contribution is 7.80. The lowest BCUT2D eigenvalue weighted by molar-refractivity contribution is -0.127. The molecule has 0 aromatic heterocycles. The number of amides is 2. The summed E-state index contributed by atoms with van der Waals surface area (Å²) in [6.07, 6.45) is 19.0. The van der Waals surface area contributed by atoms with Gasteiger partial charge in [-0.1, -0.05) is 50.0 Å². The van der Waals surface area contributed by atoms with Gasteiger partial charge in [0, 0.05) is 32.3 Å². The number of carbonyl (C=O) groups is 2. The molecular formula is C21H36N2O2S. The van der Waals surface area contributed by atoms with Crippen molar-refractivity contribution in [2.45, 2.75) is 70.8 Å². The van der Waals surface area contributed by atoms with Crippen molar-refractivity contribution in [3.8, 4) is 0 Å². The second kappa shape index (κ2) is 17.0. The Morgan fingerprint density at radius 3 is 2.38 bits per heavy atom. The SMILES string of the molecule is C=CCC=CN(C)C(=O)CCCCCCCCC=CC(CS)NC(C)=O. The van der Waals surface area contributed by atoms with E-state index in [1.807, 2.05) is 24.4 Å². The van der Waals surface area contributed by atoms with Gasteiger partial charge >= 0.3 is 0 Å². The van der Waals surface area contributed by atoms with E-state index in [1.165, 1.54) is 26.2 Å². The minimum Gasteiger partial charge on any atom is -0.349 e. The van der Waals surface area contributed by atoms with Gasteiger partial charge in [-0.2, -0.15) is 12.6 Å².